The molecule has 2 aromatic rings. The Morgan fingerprint density at radius 1 is 1.12 bits per heavy atom. The summed E-state index contributed by atoms with van der Waals surface area (Å²) in [4.78, 5) is 31.2. The number of hydrogen-bond donors (Lipinski definition) is 0. The van der Waals surface area contributed by atoms with E-state index >= 15 is 0 Å². The topological polar surface area (TPSA) is 65.9 Å². The molecule has 4 rings (SSSR count). The van der Waals surface area contributed by atoms with Crippen LogP contribution in [0.4, 0.5) is 0 Å². The number of thiazole rings is 1. The number of carbonyl (C=O) groups is 2. The summed E-state index contributed by atoms with van der Waals surface area (Å²) in [7, 11) is 0. The fraction of sp³-hybridized carbons (Fsp3) is 0.368. The van der Waals surface area contributed by atoms with Crippen molar-refractivity contribution in [1.82, 2.24) is 14.9 Å². The normalized spacial score (nSPS) is 20.5. The number of nitrogens with zero attached hydrogens (tertiary/aromatic N) is 4. The molecular formula is C19H20N4O2S. The molecule has 6 nitrogen and oxygen atoms in total. The number of rotatable bonds is 3. The minimum atomic E-state index is -0.0871. The summed E-state index contributed by atoms with van der Waals surface area (Å²) in [6.07, 6.45) is 3.90. The third-order valence-corrected chi connectivity index (χ3v) is 5.61. The molecule has 0 radical (unpaired) electrons. The molecular weight excluding hydrogens is 348 g/mol. The monoisotopic (exact) mass is 368 g/mol. The Labute approximate surface area is 156 Å². The average Bonchev–Trinajstić information content (AvgIpc) is 3.39. The van der Waals surface area contributed by atoms with Gasteiger partial charge < -0.3 is 4.90 Å². The fourth-order valence-electron chi connectivity index (χ4n) is 3.57. The van der Waals surface area contributed by atoms with Crippen LogP contribution in [0.25, 0.3) is 0 Å². The molecule has 26 heavy (non-hydrogen) atoms. The van der Waals surface area contributed by atoms with Gasteiger partial charge in [-0.15, -0.1) is 11.3 Å². The summed E-state index contributed by atoms with van der Waals surface area (Å²) in [5.41, 5.74) is 3.26. The molecule has 1 fully saturated rings. The van der Waals surface area contributed by atoms with Crippen LogP contribution in [0.3, 0.4) is 0 Å². The van der Waals surface area contributed by atoms with Crippen molar-refractivity contribution in [2.24, 2.45) is 11.0 Å². The van der Waals surface area contributed by atoms with Gasteiger partial charge in [-0.2, -0.15) is 5.10 Å². The third-order valence-electron chi connectivity index (χ3n) is 5.02. The molecule has 1 saturated heterocycles. The Morgan fingerprint density at radius 3 is 2.58 bits per heavy atom. The molecule has 7 heteroatoms. The average molecular weight is 368 g/mol. The van der Waals surface area contributed by atoms with Gasteiger partial charge in [0.2, 0.25) is 5.91 Å². The number of aromatic nitrogens is 1. The van der Waals surface area contributed by atoms with Gasteiger partial charge in [0, 0.05) is 37.0 Å². The van der Waals surface area contributed by atoms with E-state index in [0.717, 1.165) is 12.0 Å². The maximum absolute atomic E-state index is 13.0. The fourth-order valence-corrected chi connectivity index (χ4v) is 4.10. The molecule has 1 unspecified atom stereocenters. The second-order valence-corrected chi connectivity index (χ2v) is 7.30. The van der Waals surface area contributed by atoms with Crippen molar-refractivity contribution < 1.29 is 9.59 Å². The molecule has 0 N–H and O–H groups in total. The first-order valence-electron chi connectivity index (χ1n) is 8.82. The lowest BCUT2D eigenvalue weighted by Gasteiger charge is -2.33. The van der Waals surface area contributed by atoms with E-state index in [0.29, 0.717) is 31.6 Å². The summed E-state index contributed by atoms with van der Waals surface area (Å²) in [5, 5.41) is 7.74. The van der Waals surface area contributed by atoms with Crippen molar-refractivity contribution in [2.75, 3.05) is 13.1 Å². The van der Waals surface area contributed by atoms with Crippen molar-refractivity contribution in [1.29, 1.82) is 0 Å². The highest BCUT2D eigenvalue weighted by Crippen LogP contribution is 2.31. The van der Waals surface area contributed by atoms with Gasteiger partial charge in [0.25, 0.3) is 5.91 Å². The number of benzene rings is 1. The van der Waals surface area contributed by atoms with Crippen molar-refractivity contribution in [2.45, 2.75) is 25.3 Å². The van der Waals surface area contributed by atoms with Crippen LogP contribution >= 0.6 is 11.3 Å². The van der Waals surface area contributed by atoms with Gasteiger partial charge in [0.1, 0.15) is 5.69 Å². The zero-order chi connectivity index (χ0) is 17.9. The first-order valence-corrected chi connectivity index (χ1v) is 9.76. The van der Waals surface area contributed by atoms with Crippen LogP contribution in [-0.2, 0) is 4.79 Å². The maximum atomic E-state index is 13.0. The van der Waals surface area contributed by atoms with E-state index in [1.807, 2.05) is 36.5 Å². The predicted molar refractivity (Wildman–Crippen MR) is 99.9 cm³/mol. The van der Waals surface area contributed by atoms with Crippen LogP contribution in [0.1, 0.15) is 41.4 Å². The van der Waals surface area contributed by atoms with E-state index in [2.05, 4.69) is 10.1 Å². The molecule has 134 valence electrons. The summed E-state index contributed by atoms with van der Waals surface area (Å²) < 4.78 is 0. The molecule has 1 aromatic carbocycles. The zero-order valence-electron chi connectivity index (χ0n) is 14.3. The largest absolute Gasteiger partial charge is 0.337 e. The van der Waals surface area contributed by atoms with Crippen LogP contribution in [-0.4, -0.2) is 46.0 Å². The molecule has 0 spiro atoms. The molecule has 0 saturated carbocycles. The third kappa shape index (κ3) is 3.26. The Morgan fingerprint density at radius 2 is 1.88 bits per heavy atom. The molecule has 2 amide bonds. The number of amides is 2. The van der Waals surface area contributed by atoms with Gasteiger partial charge in [-0.1, -0.05) is 30.3 Å². The number of hydrazone groups is 1. The Bertz CT molecular complexity index is 798. The first-order chi connectivity index (χ1) is 12.7. The smallest absolute Gasteiger partial charge is 0.273 e. The second-order valence-electron chi connectivity index (χ2n) is 6.58. The zero-order valence-corrected chi connectivity index (χ0v) is 15.1. The van der Waals surface area contributed by atoms with Crippen molar-refractivity contribution in [3.8, 4) is 0 Å². The quantitative estimate of drug-likeness (QED) is 0.837. The van der Waals surface area contributed by atoms with Gasteiger partial charge in [0.05, 0.1) is 11.6 Å². The van der Waals surface area contributed by atoms with E-state index in [4.69, 9.17) is 0 Å². The predicted octanol–water partition coefficient (Wildman–Crippen LogP) is 2.95. The van der Waals surface area contributed by atoms with Crippen molar-refractivity contribution >= 4 is 29.4 Å². The highest BCUT2D eigenvalue weighted by atomic mass is 32.1. The van der Waals surface area contributed by atoms with Crippen LogP contribution in [0, 0.1) is 5.92 Å². The molecule has 2 aliphatic rings. The molecule has 2 aliphatic heterocycles. The van der Waals surface area contributed by atoms with Crippen LogP contribution in [0.15, 0.2) is 46.3 Å². The number of piperidine rings is 1. The number of carbonyl (C=O) groups excluding carboxylic acids is 2. The van der Waals surface area contributed by atoms with Gasteiger partial charge in [-0.3, -0.25) is 9.59 Å². The van der Waals surface area contributed by atoms with Gasteiger partial charge >= 0.3 is 0 Å². The lowest BCUT2D eigenvalue weighted by atomic mass is 9.94. The highest BCUT2D eigenvalue weighted by Gasteiger charge is 2.35. The van der Waals surface area contributed by atoms with Gasteiger partial charge in [-0.05, 0) is 18.4 Å². The lowest BCUT2D eigenvalue weighted by Crippen LogP contribution is -2.43. The first kappa shape index (κ1) is 16.9. The lowest BCUT2D eigenvalue weighted by molar-refractivity contribution is -0.138. The van der Waals surface area contributed by atoms with Crippen molar-refractivity contribution in [3.05, 3.63) is 52.5 Å². The summed E-state index contributed by atoms with van der Waals surface area (Å²) in [6.45, 7) is 1.17. The van der Waals surface area contributed by atoms with Crippen molar-refractivity contribution in [3.63, 3.8) is 0 Å². The standard InChI is InChI=1S/C19H20N4O2S/c24-18(23-17(6-9-21-23)14-4-2-1-3-5-14)15-7-10-22(11-8-15)19(25)16-12-26-13-20-16/h1-5,9,12-13,15,17H,6-8,10-11H2. The van der Waals surface area contributed by atoms with E-state index in [9.17, 15) is 9.59 Å². The second kappa shape index (κ2) is 7.37. The van der Waals surface area contributed by atoms with E-state index in [-0.39, 0.29) is 23.8 Å². The Balaban J connectivity index is 1.39. The van der Waals surface area contributed by atoms with E-state index in [1.165, 1.54) is 11.3 Å². The van der Waals surface area contributed by atoms with E-state index in [1.54, 1.807) is 20.8 Å². The summed E-state index contributed by atoms with van der Waals surface area (Å²) >= 11 is 1.42. The Hall–Kier alpha value is -2.54. The molecule has 0 aliphatic carbocycles. The van der Waals surface area contributed by atoms with Crippen LogP contribution in [0.5, 0.6) is 0 Å². The number of likely N-dealkylation sites (tertiary alicyclic amines) is 1. The van der Waals surface area contributed by atoms with Gasteiger partial charge in [-0.25, -0.2) is 9.99 Å². The van der Waals surface area contributed by atoms with Crippen LogP contribution < -0.4 is 0 Å². The minimum Gasteiger partial charge on any atom is -0.337 e. The Kier molecular flexibility index (Phi) is 4.79. The summed E-state index contributed by atoms with van der Waals surface area (Å²) in [5.74, 6) is -0.0668. The van der Waals surface area contributed by atoms with Gasteiger partial charge in [0.15, 0.2) is 0 Å². The minimum absolute atomic E-state index is 0.0154. The molecule has 1 aromatic heterocycles. The molecule has 0 bridgehead atoms. The number of hydrogen-bond acceptors (Lipinski definition) is 5. The molecule has 3 heterocycles. The van der Waals surface area contributed by atoms with E-state index < -0.39 is 0 Å². The van der Waals surface area contributed by atoms with Crippen LogP contribution in [0.2, 0.25) is 0 Å². The summed E-state index contributed by atoms with van der Waals surface area (Å²) in [6, 6.07) is 10.0. The molecule has 1 atom stereocenters. The SMILES string of the molecule is O=C(c1cscn1)N1CCC(C(=O)N2N=CCC2c2ccccc2)CC1. The highest BCUT2D eigenvalue weighted by molar-refractivity contribution is 7.07. The maximum Gasteiger partial charge on any atom is 0.273 e.